The van der Waals surface area contributed by atoms with Gasteiger partial charge in [-0.2, -0.15) is 0 Å². The number of rotatable bonds is 5. The number of halogens is 1. The van der Waals surface area contributed by atoms with Gasteiger partial charge in [0.2, 0.25) is 5.91 Å². The number of benzene rings is 1. The van der Waals surface area contributed by atoms with Gasteiger partial charge in [-0.3, -0.25) is 4.79 Å². The second-order valence-corrected chi connectivity index (χ2v) is 6.26. The zero-order valence-electron chi connectivity index (χ0n) is 13.6. The van der Waals surface area contributed by atoms with E-state index in [0.29, 0.717) is 31.0 Å². The number of likely N-dealkylation sites (tertiary alicyclic amines) is 1. The maximum absolute atomic E-state index is 12.2. The Labute approximate surface area is 188 Å². The number of hydrogen-bond acceptors (Lipinski definition) is 5. The summed E-state index contributed by atoms with van der Waals surface area (Å²) in [6, 6.07) is 6.92. The van der Waals surface area contributed by atoms with Crippen molar-refractivity contribution in [1.29, 1.82) is 0 Å². The Hall–Kier alpha value is 0.00636. The van der Waals surface area contributed by atoms with Crippen molar-refractivity contribution >= 4 is 23.5 Å². The van der Waals surface area contributed by atoms with Gasteiger partial charge in [0.25, 0.3) is 0 Å². The van der Waals surface area contributed by atoms with Crippen LogP contribution in [0.1, 0.15) is 24.8 Å². The van der Waals surface area contributed by atoms with Crippen molar-refractivity contribution in [2.45, 2.75) is 24.9 Å². The molecule has 1 unspecified atom stereocenters. The summed E-state index contributed by atoms with van der Waals surface area (Å²) in [6.45, 7) is 0.0494. The van der Waals surface area contributed by atoms with Gasteiger partial charge in [-0.25, -0.2) is 0 Å². The zero-order valence-corrected chi connectivity index (χ0v) is 17.5. The minimum atomic E-state index is -1.37. The molecule has 8 heteroatoms. The topological polar surface area (TPSA) is 101 Å². The van der Waals surface area contributed by atoms with E-state index in [9.17, 15) is 24.9 Å². The first-order chi connectivity index (χ1) is 10.9. The molecule has 24 heavy (non-hydrogen) atoms. The number of nitrogens with zero attached hydrogens (tertiary/aromatic N) is 1. The molecule has 1 atom stereocenters. The van der Waals surface area contributed by atoms with E-state index < -0.39 is 36.4 Å². The molecule has 0 saturated carbocycles. The maximum atomic E-state index is 12.2. The fourth-order valence-corrected chi connectivity index (χ4v) is 2.96. The Morgan fingerprint density at radius 3 is 2.25 bits per heavy atom. The molecule has 0 spiro atoms. The fraction of sp³-hybridized carbons (Fsp3) is 0.500. The predicted molar refractivity (Wildman–Crippen MR) is 81.4 cm³/mol. The van der Waals surface area contributed by atoms with Gasteiger partial charge in [-0.05, 0) is 30.5 Å². The van der Waals surface area contributed by atoms with Gasteiger partial charge in [-0.1, -0.05) is 23.7 Å². The molecule has 1 aliphatic heterocycles. The summed E-state index contributed by atoms with van der Waals surface area (Å²) in [5.74, 6) is -2.79. The van der Waals surface area contributed by atoms with Gasteiger partial charge < -0.3 is 25.0 Å². The first-order valence-electron chi connectivity index (χ1n) is 7.43. The van der Waals surface area contributed by atoms with Gasteiger partial charge >= 0.3 is 51.4 Å². The maximum Gasteiger partial charge on any atom is 1.00 e. The quantitative estimate of drug-likeness (QED) is 0.528. The summed E-state index contributed by atoms with van der Waals surface area (Å²) in [7, 11) is 0. The molecule has 1 saturated heterocycles. The summed E-state index contributed by atoms with van der Waals surface area (Å²) < 4.78 is 0. The molecule has 2 rings (SSSR count). The second kappa shape index (κ2) is 9.63. The number of carboxylic acid groups (broad SMARTS) is 1. The van der Waals surface area contributed by atoms with Crippen LogP contribution in [-0.4, -0.2) is 46.7 Å². The molecule has 1 amide bonds. The van der Waals surface area contributed by atoms with E-state index in [-0.39, 0.29) is 51.4 Å². The van der Waals surface area contributed by atoms with Crippen molar-refractivity contribution in [1.82, 2.24) is 4.90 Å². The van der Waals surface area contributed by atoms with Crippen LogP contribution in [0.3, 0.4) is 0 Å². The van der Waals surface area contributed by atoms with Gasteiger partial charge in [-0.15, -0.1) is 0 Å². The summed E-state index contributed by atoms with van der Waals surface area (Å²) in [4.78, 5) is 24.3. The number of aliphatic hydroxyl groups is 2. The average Bonchev–Trinajstić information content (AvgIpc) is 2.53. The summed E-state index contributed by atoms with van der Waals surface area (Å²) >= 11 is 5.84. The number of aliphatic carboxylic acids is 1. The molecule has 1 aliphatic rings. The van der Waals surface area contributed by atoms with E-state index in [1.165, 1.54) is 4.90 Å². The fourth-order valence-electron chi connectivity index (χ4n) is 2.84. The third-order valence-electron chi connectivity index (χ3n) is 4.27. The molecular weight excluding hydrogens is 361 g/mol. The van der Waals surface area contributed by atoms with Gasteiger partial charge in [0, 0.05) is 30.5 Å². The van der Waals surface area contributed by atoms with Crippen LogP contribution in [0.4, 0.5) is 0 Å². The molecule has 0 aromatic heterocycles. The standard InChI is InChI=1S/C16H20ClNO5.K/c17-13-3-1-12(2-4-13)16(23)5-7-18(8-6-16)15(22)11(10-19)9-14(20)21;/h1-4,11,19,23H,5-10H2,(H,20,21);/q;+1/p-1. The third kappa shape index (κ3) is 5.50. The number of carbonyl (C=O) groups is 2. The van der Waals surface area contributed by atoms with Crippen molar-refractivity contribution < 1.29 is 76.3 Å². The summed E-state index contributed by atoms with van der Waals surface area (Å²) in [6.07, 6.45) is 0.168. The second-order valence-electron chi connectivity index (χ2n) is 5.82. The van der Waals surface area contributed by atoms with Gasteiger partial charge in [0.15, 0.2) is 0 Å². The van der Waals surface area contributed by atoms with E-state index in [1.54, 1.807) is 24.3 Å². The van der Waals surface area contributed by atoms with Crippen LogP contribution in [0.5, 0.6) is 0 Å². The molecule has 0 radical (unpaired) electrons. The first-order valence-corrected chi connectivity index (χ1v) is 7.81. The van der Waals surface area contributed by atoms with E-state index >= 15 is 0 Å². The average molecular weight is 380 g/mol. The van der Waals surface area contributed by atoms with Crippen LogP contribution >= 0.6 is 11.6 Å². The molecular formula is C16H19ClKNO5. The Bertz CT molecular complexity index is 572. The van der Waals surface area contributed by atoms with Crippen molar-refractivity contribution in [3.8, 4) is 0 Å². The van der Waals surface area contributed by atoms with Crippen LogP contribution in [0, 0.1) is 5.92 Å². The van der Waals surface area contributed by atoms with Crippen molar-refractivity contribution in [2.75, 3.05) is 19.7 Å². The first kappa shape index (κ1) is 22.0. The number of carboxylic acids is 1. The molecule has 0 bridgehead atoms. The Morgan fingerprint density at radius 1 is 1.25 bits per heavy atom. The van der Waals surface area contributed by atoms with Crippen LogP contribution < -0.4 is 56.5 Å². The normalized spacial score (nSPS) is 17.7. The van der Waals surface area contributed by atoms with E-state index in [0.717, 1.165) is 5.56 Å². The Kier molecular flexibility index (Phi) is 8.85. The third-order valence-corrected chi connectivity index (χ3v) is 4.52. The minimum absolute atomic E-state index is 0. The number of hydrogen-bond donors (Lipinski definition) is 2. The largest absolute Gasteiger partial charge is 1.00 e. The summed E-state index contributed by atoms with van der Waals surface area (Å²) in [5.41, 5.74) is -0.299. The molecule has 126 valence electrons. The number of piperidine rings is 1. The van der Waals surface area contributed by atoms with E-state index in [4.69, 9.17) is 11.6 Å². The molecule has 1 fully saturated rings. The number of amides is 1. The smallest absolute Gasteiger partial charge is 0.550 e. The van der Waals surface area contributed by atoms with Crippen LogP contribution in [0.25, 0.3) is 0 Å². The van der Waals surface area contributed by atoms with Crippen LogP contribution in [0.15, 0.2) is 24.3 Å². The zero-order chi connectivity index (χ0) is 17.0. The minimum Gasteiger partial charge on any atom is -0.550 e. The van der Waals surface area contributed by atoms with Crippen LogP contribution in [-0.2, 0) is 15.2 Å². The molecule has 2 N–H and O–H groups in total. The van der Waals surface area contributed by atoms with Crippen molar-refractivity contribution in [2.24, 2.45) is 5.92 Å². The Morgan fingerprint density at radius 2 is 1.79 bits per heavy atom. The predicted octanol–water partition coefficient (Wildman–Crippen LogP) is -3.10. The molecule has 1 heterocycles. The van der Waals surface area contributed by atoms with Gasteiger partial charge in [0.1, 0.15) is 0 Å². The summed E-state index contributed by atoms with van der Waals surface area (Å²) in [5, 5.41) is 31.1. The molecule has 1 aromatic rings. The molecule has 1 aromatic carbocycles. The SMILES string of the molecule is O=C([O-])CC(CO)C(=O)N1CCC(O)(c2ccc(Cl)cc2)CC1.[K+]. The van der Waals surface area contributed by atoms with Crippen LogP contribution in [0.2, 0.25) is 5.02 Å². The number of carbonyl (C=O) groups excluding carboxylic acids is 2. The molecule has 0 aliphatic carbocycles. The monoisotopic (exact) mass is 379 g/mol. The van der Waals surface area contributed by atoms with E-state index in [2.05, 4.69) is 0 Å². The Balaban J connectivity index is 0.00000288. The molecule has 6 nitrogen and oxygen atoms in total. The van der Waals surface area contributed by atoms with Gasteiger partial charge in [0.05, 0.1) is 18.1 Å². The van der Waals surface area contributed by atoms with Crippen molar-refractivity contribution in [3.63, 3.8) is 0 Å². The van der Waals surface area contributed by atoms with E-state index in [1.807, 2.05) is 0 Å². The van der Waals surface area contributed by atoms with Crippen molar-refractivity contribution in [3.05, 3.63) is 34.9 Å². The number of aliphatic hydroxyl groups excluding tert-OH is 1.